The molecule has 4 fully saturated rings. The van der Waals surface area contributed by atoms with E-state index in [0.717, 1.165) is 50.4 Å². The zero-order valence-corrected chi connectivity index (χ0v) is 17.6. The smallest absolute Gasteiger partial charge is 0.315 e. The SMILES string of the molecule is O=C(c1ccc(F)cc1F)C(F)(F)C12CC(CN3CCC(Oc4ccccc4)CC3)(C1)C2. The first kappa shape index (κ1) is 21.4. The molecule has 0 N–H and O–H groups in total. The van der Waals surface area contributed by atoms with Gasteiger partial charge in [-0.05, 0) is 61.8 Å². The molecule has 3 nitrogen and oxygen atoms in total. The lowest BCUT2D eigenvalue weighted by Gasteiger charge is -2.73. The van der Waals surface area contributed by atoms with Crippen LogP contribution in [0.15, 0.2) is 48.5 Å². The number of likely N-dealkylation sites (tertiary alicyclic amines) is 1. The Balaban J connectivity index is 1.14. The van der Waals surface area contributed by atoms with E-state index in [1.54, 1.807) is 0 Å². The van der Waals surface area contributed by atoms with Gasteiger partial charge >= 0.3 is 5.92 Å². The van der Waals surface area contributed by atoms with Gasteiger partial charge in [-0.25, -0.2) is 8.78 Å². The van der Waals surface area contributed by atoms with Crippen LogP contribution in [0, 0.1) is 22.5 Å². The van der Waals surface area contributed by atoms with Crippen LogP contribution in [0.5, 0.6) is 5.75 Å². The number of rotatable bonds is 7. The molecule has 3 saturated carbocycles. The average molecular weight is 447 g/mol. The molecule has 6 rings (SSSR count). The second-order valence-electron chi connectivity index (χ2n) is 9.74. The summed E-state index contributed by atoms with van der Waals surface area (Å²) in [6.07, 6.45) is 2.72. The molecule has 0 atom stereocenters. The first-order chi connectivity index (χ1) is 15.2. The number of hydrogen-bond donors (Lipinski definition) is 0. The highest BCUT2D eigenvalue weighted by Gasteiger charge is 2.79. The molecule has 32 heavy (non-hydrogen) atoms. The van der Waals surface area contributed by atoms with Gasteiger partial charge in [0.25, 0.3) is 0 Å². The lowest BCUT2D eigenvalue weighted by molar-refractivity contribution is -0.299. The molecule has 0 unspecified atom stereocenters. The summed E-state index contributed by atoms with van der Waals surface area (Å²) in [4.78, 5) is 14.7. The van der Waals surface area contributed by atoms with Crippen LogP contribution in [-0.2, 0) is 0 Å². The van der Waals surface area contributed by atoms with E-state index in [1.165, 1.54) is 0 Å². The third kappa shape index (κ3) is 3.51. The Morgan fingerprint density at radius 3 is 2.31 bits per heavy atom. The number of para-hydroxylation sites is 1. The number of halogens is 4. The van der Waals surface area contributed by atoms with Crippen LogP contribution in [0.3, 0.4) is 0 Å². The second kappa shape index (κ2) is 7.58. The van der Waals surface area contributed by atoms with Crippen LogP contribution >= 0.6 is 0 Å². The number of Topliss-reactive ketones (excluding diaryl/α,β-unsaturated/α-hetero) is 1. The number of ketones is 1. The van der Waals surface area contributed by atoms with Crippen molar-refractivity contribution >= 4 is 5.78 Å². The maximum atomic E-state index is 15.0. The summed E-state index contributed by atoms with van der Waals surface area (Å²) in [6, 6.07) is 11.8. The predicted molar refractivity (Wildman–Crippen MR) is 111 cm³/mol. The molecule has 2 aromatic rings. The Hall–Kier alpha value is -2.41. The van der Waals surface area contributed by atoms with Gasteiger partial charge < -0.3 is 9.64 Å². The van der Waals surface area contributed by atoms with Gasteiger partial charge in [0, 0.05) is 31.1 Å². The van der Waals surface area contributed by atoms with Gasteiger partial charge in [0.1, 0.15) is 23.5 Å². The zero-order chi connectivity index (χ0) is 22.6. The largest absolute Gasteiger partial charge is 0.490 e. The second-order valence-corrected chi connectivity index (χ2v) is 9.74. The van der Waals surface area contributed by atoms with Crippen LogP contribution in [0.25, 0.3) is 0 Å². The lowest BCUT2D eigenvalue weighted by Crippen LogP contribution is -2.73. The van der Waals surface area contributed by atoms with Crippen molar-refractivity contribution in [2.24, 2.45) is 10.8 Å². The average Bonchev–Trinajstić information content (AvgIpc) is 2.71. The van der Waals surface area contributed by atoms with Gasteiger partial charge in [-0.3, -0.25) is 4.79 Å². The molecule has 1 heterocycles. The number of piperidine rings is 1. The number of hydrogen-bond acceptors (Lipinski definition) is 3. The molecule has 0 radical (unpaired) electrons. The van der Waals surface area contributed by atoms with E-state index in [2.05, 4.69) is 4.90 Å². The number of nitrogens with zero attached hydrogens (tertiary/aromatic N) is 1. The number of ether oxygens (including phenoxy) is 1. The van der Waals surface area contributed by atoms with Crippen molar-refractivity contribution in [2.75, 3.05) is 19.6 Å². The summed E-state index contributed by atoms with van der Waals surface area (Å²) in [5.74, 6) is -6.47. The summed E-state index contributed by atoms with van der Waals surface area (Å²) >= 11 is 0. The van der Waals surface area contributed by atoms with E-state index < -0.39 is 34.3 Å². The highest BCUT2D eigenvalue weighted by molar-refractivity contribution is 6.02. The van der Waals surface area contributed by atoms with Crippen LogP contribution in [0.1, 0.15) is 42.5 Å². The van der Waals surface area contributed by atoms with E-state index >= 15 is 8.78 Å². The van der Waals surface area contributed by atoms with Crippen LogP contribution in [0.4, 0.5) is 17.6 Å². The van der Waals surface area contributed by atoms with Gasteiger partial charge in [0.2, 0.25) is 5.78 Å². The van der Waals surface area contributed by atoms with E-state index in [1.807, 2.05) is 30.3 Å². The van der Waals surface area contributed by atoms with Crippen molar-refractivity contribution < 1.29 is 27.1 Å². The Kier molecular flexibility index (Phi) is 5.08. The summed E-state index contributed by atoms with van der Waals surface area (Å²) in [6.45, 7) is 2.44. The Morgan fingerprint density at radius 1 is 1.03 bits per heavy atom. The molecule has 0 aromatic heterocycles. The topological polar surface area (TPSA) is 29.5 Å². The molecule has 7 heteroatoms. The fourth-order valence-corrected chi connectivity index (χ4v) is 5.93. The molecular formula is C25H25F4NO2. The van der Waals surface area contributed by atoms with E-state index in [0.29, 0.717) is 6.07 Å². The maximum Gasteiger partial charge on any atom is 0.315 e. The highest BCUT2D eigenvalue weighted by Crippen LogP contribution is 2.78. The Bertz CT molecular complexity index is 998. The molecule has 3 aliphatic carbocycles. The fourth-order valence-electron chi connectivity index (χ4n) is 5.93. The van der Waals surface area contributed by atoms with Crippen molar-refractivity contribution in [3.05, 3.63) is 65.7 Å². The number of alkyl halides is 2. The van der Waals surface area contributed by atoms with Crippen LogP contribution < -0.4 is 4.74 Å². The third-order valence-corrected chi connectivity index (χ3v) is 7.41. The van der Waals surface area contributed by atoms with Crippen molar-refractivity contribution in [3.8, 4) is 5.75 Å². The summed E-state index contributed by atoms with van der Waals surface area (Å²) in [5, 5.41) is 0. The molecule has 2 bridgehead atoms. The molecule has 1 aliphatic heterocycles. The Morgan fingerprint density at radius 2 is 1.69 bits per heavy atom. The standard InChI is InChI=1S/C25H25F4NO2/c26-17-6-7-20(21(27)12-17)22(31)25(28,29)24-13-23(14-24,15-24)16-30-10-8-19(9-11-30)32-18-4-2-1-3-5-18/h1-7,12,19H,8-11,13-16H2. The highest BCUT2D eigenvalue weighted by atomic mass is 19.3. The monoisotopic (exact) mass is 447 g/mol. The van der Waals surface area contributed by atoms with E-state index in [9.17, 15) is 13.6 Å². The minimum atomic E-state index is -3.65. The van der Waals surface area contributed by atoms with Crippen LogP contribution in [0.2, 0.25) is 0 Å². The minimum absolute atomic E-state index is 0.153. The molecular weight excluding hydrogens is 422 g/mol. The maximum absolute atomic E-state index is 15.0. The minimum Gasteiger partial charge on any atom is -0.490 e. The fraction of sp³-hybridized carbons (Fsp3) is 0.480. The normalized spacial score (nSPS) is 28.0. The number of carbonyl (C=O) groups is 1. The summed E-state index contributed by atoms with van der Waals surface area (Å²) < 4.78 is 63.0. The zero-order valence-electron chi connectivity index (χ0n) is 17.6. The van der Waals surface area contributed by atoms with Crippen molar-refractivity contribution in [1.29, 1.82) is 0 Å². The molecule has 2 aromatic carbocycles. The lowest BCUT2D eigenvalue weighted by atomic mass is 9.33. The van der Waals surface area contributed by atoms with Crippen molar-refractivity contribution in [1.82, 2.24) is 4.90 Å². The molecule has 1 saturated heterocycles. The first-order valence-corrected chi connectivity index (χ1v) is 11.0. The van der Waals surface area contributed by atoms with Crippen molar-refractivity contribution in [3.63, 3.8) is 0 Å². The van der Waals surface area contributed by atoms with E-state index in [-0.39, 0.29) is 30.8 Å². The third-order valence-electron chi connectivity index (χ3n) is 7.41. The molecule has 0 spiro atoms. The summed E-state index contributed by atoms with van der Waals surface area (Å²) in [5.41, 5.74) is -2.31. The van der Waals surface area contributed by atoms with Gasteiger partial charge in [-0.1, -0.05) is 18.2 Å². The van der Waals surface area contributed by atoms with Gasteiger partial charge in [0.05, 0.1) is 5.56 Å². The number of carbonyl (C=O) groups excluding carboxylic acids is 1. The molecule has 4 aliphatic rings. The quantitative estimate of drug-likeness (QED) is 0.415. The van der Waals surface area contributed by atoms with Gasteiger partial charge in [-0.2, -0.15) is 8.78 Å². The Labute approximate surface area is 184 Å². The number of benzene rings is 2. The predicted octanol–water partition coefficient (Wildman–Crippen LogP) is 5.50. The van der Waals surface area contributed by atoms with E-state index in [4.69, 9.17) is 4.74 Å². The van der Waals surface area contributed by atoms with Crippen LogP contribution in [-0.4, -0.2) is 42.3 Å². The van der Waals surface area contributed by atoms with Gasteiger partial charge in [0.15, 0.2) is 0 Å². The summed E-state index contributed by atoms with van der Waals surface area (Å²) in [7, 11) is 0. The first-order valence-electron chi connectivity index (χ1n) is 11.0. The van der Waals surface area contributed by atoms with Gasteiger partial charge in [-0.15, -0.1) is 0 Å². The van der Waals surface area contributed by atoms with Crippen molar-refractivity contribution in [2.45, 2.75) is 44.1 Å². The molecule has 170 valence electrons. The molecule has 0 amide bonds.